The zero-order chi connectivity index (χ0) is 13.5. The third kappa shape index (κ3) is 6.91. The summed E-state index contributed by atoms with van der Waals surface area (Å²) < 4.78 is 12.9. The molecule has 104 valence electrons. The van der Waals surface area contributed by atoms with Crippen molar-refractivity contribution >= 4 is 27.4 Å². The zero-order valence-electron chi connectivity index (χ0n) is 12.9. The summed E-state index contributed by atoms with van der Waals surface area (Å²) in [6.45, 7) is 15.9. The SMILES string of the molecule is CC[SiH](CC)O[SiH](O[SiH](CC)CC)C(C)(C)C. The molecule has 0 heterocycles. The van der Waals surface area contributed by atoms with E-state index in [9.17, 15) is 0 Å². The fraction of sp³-hybridized carbons (Fsp3) is 1.00. The zero-order valence-corrected chi connectivity index (χ0v) is 16.3. The van der Waals surface area contributed by atoms with Crippen LogP contribution in [0.25, 0.3) is 0 Å². The van der Waals surface area contributed by atoms with E-state index in [1.54, 1.807) is 0 Å². The molecule has 17 heavy (non-hydrogen) atoms. The Kier molecular flexibility index (Phi) is 8.92. The molecular weight excluding hydrogens is 260 g/mol. The fourth-order valence-corrected chi connectivity index (χ4v) is 12.9. The summed E-state index contributed by atoms with van der Waals surface area (Å²) in [6.07, 6.45) is 0. The minimum atomic E-state index is -1.48. The van der Waals surface area contributed by atoms with Crippen LogP contribution in [0, 0.1) is 0 Å². The molecular formula is C12H32O2Si3. The summed E-state index contributed by atoms with van der Waals surface area (Å²) >= 11 is 0. The standard InChI is InChI=1S/C12H32O2Si3/c1-8-15(9-2)13-17(12(5,6)7)14-16(10-3)11-4/h15-17H,8-11H2,1-7H3. The fourth-order valence-electron chi connectivity index (χ4n) is 1.75. The molecule has 0 N–H and O–H groups in total. The van der Waals surface area contributed by atoms with Crippen molar-refractivity contribution in [2.24, 2.45) is 0 Å². The van der Waals surface area contributed by atoms with Gasteiger partial charge in [-0.05, 0) is 24.2 Å². The molecule has 0 bridgehead atoms. The molecule has 0 fully saturated rings. The molecule has 0 unspecified atom stereocenters. The van der Waals surface area contributed by atoms with E-state index in [2.05, 4.69) is 48.5 Å². The topological polar surface area (TPSA) is 18.5 Å². The summed E-state index contributed by atoms with van der Waals surface area (Å²) in [5.41, 5.74) is 0. The van der Waals surface area contributed by atoms with E-state index >= 15 is 0 Å². The van der Waals surface area contributed by atoms with Crippen LogP contribution in [-0.2, 0) is 8.23 Å². The van der Waals surface area contributed by atoms with Gasteiger partial charge < -0.3 is 8.23 Å². The second-order valence-electron chi connectivity index (χ2n) is 5.85. The number of hydrogen-bond acceptors (Lipinski definition) is 2. The predicted molar refractivity (Wildman–Crippen MR) is 85.3 cm³/mol. The molecule has 0 saturated carbocycles. The van der Waals surface area contributed by atoms with Crippen LogP contribution < -0.4 is 0 Å². The van der Waals surface area contributed by atoms with Crippen molar-refractivity contribution in [2.75, 3.05) is 0 Å². The second kappa shape index (κ2) is 8.63. The molecule has 2 nitrogen and oxygen atoms in total. The monoisotopic (exact) mass is 292 g/mol. The second-order valence-corrected chi connectivity index (χ2v) is 16.2. The average molecular weight is 293 g/mol. The molecule has 0 atom stereocenters. The first-order valence-electron chi connectivity index (χ1n) is 7.19. The molecule has 0 aliphatic heterocycles. The molecule has 0 aliphatic rings. The number of rotatable bonds is 8. The quantitative estimate of drug-likeness (QED) is 0.637. The molecule has 5 heteroatoms. The maximum atomic E-state index is 6.44. The highest BCUT2D eigenvalue weighted by atomic mass is 28.4. The molecule has 0 aromatic rings. The van der Waals surface area contributed by atoms with E-state index in [1.807, 2.05) is 0 Å². The summed E-state index contributed by atoms with van der Waals surface area (Å²) in [7, 11) is -3.43. The summed E-state index contributed by atoms with van der Waals surface area (Å²) in [6, 6.07) is 4.96. The molecule has 0 radical (unpaired) electrons. The van der Waals surface area contributed by atoms with Gasteiger partial charge in [-0.15, -0.1) is 0 Å². The van der Waals surface area contributed by atoms with Gasteiger partial charge in [0.25, 0.3) is 0 Å². The van der Waals surface area contributed by atoms with Crippen molar-refractivity contribution in [2.45, 2.75) is 77.7 Å². The van der Waals surface area contributed by atoms with Crippen molar-refractivity contribution < 1.29 is 8.23 Å². The maximum Gasteiger partial charge on any atom is 0.306 e. The van der Waals surface area contributed by atoms with E-state index in [4.69, 9.17) is 8.23 Å². The van der Waals surface area contributed by atoms with Crippen molar-refractivity contribution in [3.63, 3.8) is 0 Å². The van der Waals surface area contributed by atoms with Crippen LogP contribution >= 0.6 is 0 Å². The first-order valence-corrected chi connectivity index (χ1v) is 12.9. The van der Waals surface area contributed by atoms with Crippen LogP contribution in [0.4, 0.5) is 0 Å². The van der Waals surface area contributed by atoms with E-state index in [1.165, 1.54) is 24.2 Å². The Hall–Kier alpha value is 0.571. The van der Waals surface area contributed by atoms with Gasteiger partial charge in [0.15, 0.2) is 18.1 Å². The third-order valence-corrected chi connectivity index (χ3v) is 13.3. The van der Waals surface area contributed by atoms with Crippen LogP contribution in [0.3, 0.4) is 0 Å². The highest BCUT2D eigenvalue weighted by Gasteiger charge is 2.33. The Morgan fingerprint density at radius 3 is 1.18 bits per heavy atom. The van der Waals surface area contributed by atoms with Crippen LogP contribution in [0.5, 0.6) is 0 Å². The van der Waals surface area contributed by atoms with Gasteiger partial charge in [-0.1, -0.05) is 48.5 Å². The minimum Gasteiger partial charge on any atom is -0.441 e. The van der Waals surface area contributed by atoms with Crippen molar-refractivity contribution in [3.05, 3.63) is 0 Å². The Morgan fingerprint density at radius 2 is 1.00 bits per heavy atom. The van der Waals surface area contributed by atoms with Gasteiger partial charge >= 0.3 is 9.28 Å². The van der Waals surface area contributed by atoms with Crippen molar-refractivity contribution in [1.29, 1.82) is 0 Å². The Bertz CT molecular complexity index is 173. The molecule has 0 saturated heterocycles. The van der Waals surface area contributed by atoms with E-state index < -0.39 is 27.4 Å². The molecule has 0 amide bonds. The smallest absolute Gasteiger partial charge is 0.306 e. The molecule has 0 rings (SSSR count). The summed E-state index contributed by atoms with van der Waals surface area (Å²) in [5.74, 6) is 0. The average Bonchev–Trinajstić information content (AvgIpc) is 2.28. The van der Waals surface area contributed by atoms with Gasteiger partial charge in [-0.25, -0.2) is 0 Å². The molecule has 0 aromatic heterocycles. The lowest BCUT2D eigenvalue weighted by atomic mass is 10.3. The molecule has 0 spiro atoms. The van der Waals surface area contributed by atoms with E-state index in [0.29, 0.717) is 0 Å². The van der Waals surface area contributed by atoms with Gasteiger partial charge in [0.05, 0.1) is 0 Å². The largest absolute Gasteiger partial charge is 0.441 e. The van der Waals surface area contributed by atoms with Crippen LogP contribution in [-0.4, -0.2) is 27.4 Å². The number of hydrogen-bond donors (Lipinski definition) is 0. The summed E-state index contributed by atoms with van der Waals surface area (Å²) in [5, 5.41) is 0.241. The normalized spacial score (nSPS) is 13.1. The lowest BCUT2D eigenvalue weighted by molar-refractivity contribution is 0.383. The predicted octanol–water partition coefficient (Wildman–Crippen LogP) is 3.57. The third-order valence-electron chi connectivity index (χ3n) is 3.16. The van der Waals surface area contributed by atoms with Gasteiger partial charge in [0.2, 0.25) is 0 Å². The lowest BCUT2D eigenvalue weighted by Gasteiger charge is -2.34. The van der Waals surface area contributed by atoms with Crippen LogP contribution in [0.1, 0.15) is 48.5 Å². The summed E-state index contributed by atoms with van der Waals surface area (Å²) in [4.78, 5) is 0. The Morgan fingerprint density at radius 1 is 0.706 bits per heavy atom. The van der Waals surface area contributed by atoms with Gasteiger partial charge in [0, 0.05) is 5.04 Å². The highest BCUT2D eigenvalue weighted by molar-refractivity contribution is 6.70. The first-order chi connectivity index (χ1) is 7.88. The lowest BCUT2D eigenvalue weighted by Crippen LogP contribution is -2.42. The Labute approximate surface area is 113 Å². The molecule has 0 aromatic carbocycles. The van der Waals surface area contributed by atoms with E-state index in [-0.39, 0.29) is 5.04 Å². The minimum absolute atomic E-state index is 0.241. The van der Waals surface area contributed by atoms with Gasteiger partial charge in [-0.3, -0.25) is 0 Å². The van der Waals surface area contributed by atoms with Crippen molar-refractivity contribution in [1.82, 2.24) is 0 Å². The highest BCUT2D eigenvalue weighted by Crippen LogP contribution is 2.30. The van der Waals surface area contributed by atoms with E-state index in [0.717, 1.165) is 0 Å². The van der Waals surface area contributed by atoms with Gasteiger partial charge in [0.1, 0.15) is 0 Å². The molecule has 0 aliphatic carbocycles. The Balaban J connectivity index is 4.54. The van der Waals surface area contributed by atoms with Crippen LogP contribution in [0.15, 0.2) is 0 Å². The maximum absolute atomic E-state index is 6.44. The van der Waals surface area contributed by atoms with Gasteiger partial charge in [-0.2, -0.15) is 0 Å². The first kappa shape index (κ1) is 17.6. The van der Waals surface area contributed by atoms with Crippen molar-refractivity contribution in [3.8, 4) is 0 Å². The van der Waals surface area contributed by atoms with Crippen LogP contribution in [0.2, 0.25) is 29.2 Å².